The molecule has 3 heterocycles. The van der Waals surface area contributed by atoms with Crippen molar-refractivity contribution in [2.75, 3.05) is 42.9 Å². The molecule has 1 aliphatic heterocycles. The van der Waals surface area contributed by atoms with Gasteiger partial charge in [0.15, 0.2) is 11.5 Å². The normalized spacial score (nSPS) is 15.8. The van der Waals surface area contributed by atoms with Crippen LogP contribution in [0, 0.1) is 0 Å². The van der Waals surface area contributed by atoms with Gasteiger partial charge in [0.05, 0.1) is 0 Å². The number of piperazine rings is 1. The van der Waals surface area contributed by atoms with Crippen molar-refractivity contribution in [1.29, 1.82) is 0 Å². The molecule has 4 rings (SSSR count). The first-order chi connectivity index (χ1) is 11.8. The maximum Gasteiger partial charge on any atom is 0.200 e. The minimum absolute atomic E-state index is 0.627. The highest BCUT2D eigenvalue weighted by Crippen LogP contribution is 2.21. The van der Waals surface area contributed by atoms with Crippen LogP contribution in [0.1, 0.15) is 6.92 Å². The van der Waals surface area contributed by atoms with Crippen molar-refractivity contribution in [2.45, 2.75) is 6.92 Å². The highest BCUT2D eigenvalue weighted by Gasteiger charge is 2.15. The van der Waals surface area contributed by atoms with E-state index in [0.717, 1.165) is 38.4 Å². The Bertz CT molecular complexity index is 804. The molecule has 1 aliphatic rings. The zero-order chi connectivity index (χ0) is 16.4. The summed E-state index contributed by atoms with van der Waals surface area (Å²) in [5.41, 5.74) is 2.88. The van der Waals surface area contributed by atoms with E-state index in [1.807, 2.05) is 12.1 Å². The Balaban J connectivity index is 1.43. The van der Waals surface area contributed by atoms with Gasteiger partial charge < -0.3 is 15.1 Å². The largest absolute Gasteiger partial charge is 0.369 e. The fourth-order valence-electron chi connectivity index (χ4n) is 2.94. The number of hydrogen-bond donors (Lipinski definition) is 1. The van der Waals surface area contributed by atoms with E-state index in [-0.39, 0.29) is 0 Å². The van der Waals surface area contributed by atoms with Crippen molar-refractivity contribution in [3.8, 4) is 0 Å². The lowest BCUT2D eigenvalue weighted by atomic mass is 10.2. The second-order valence-electron chi connectivity index (χ2n) is 5.84. The average Bonchev–Trinajstić information content (AvgIpc) is 3.10. The minimum atomic E-state index is 0.627. The molecule has 124 valence electrons. The molecule has 0 saturated carbocycles. The van der Waals surface area contributed by atoms with Gasteiger partial charge in [-0.2, -0.15) is 0 Å². The van der Waals surface area contributed by atoms with Gasteiger partial charge >= 0.3 is 0 Å². The summed E-state index contributed by atoms with van der Waals surface area (Å²) in [6, 6.07) is 12.2. The Labute approximate surface area is 140 Å². The summed E-state index contributed by atoms with van der Waals surface area (Å²) in [6.07, 6.45) is 0. The van der Waals surface area contributed by atoms with Crippen molar-refractivity contribution >= 4 is 22.8 Å². The van der Waals surface area contributed by atoms with Crippen molar-refractivity contribution in [3.63, 3.8) is 0 Å². The van der Waals surface area contributed by atoms with E-state index >= 15 is 0 Å². The van der Waals surface area contributed by atoms with Crippen molar-refractivity contribution < 1.29 is 0 Å². The Kier molecular flexibility index (Phi) is 3.96. The summed E-state index contributed by atoms with van der Waals surface area (Å²) in [7, 11) is 0. The van der Waals surface area contributed by atoms with Crippen LogP contribution in [0.15, 0.2) is 36.4 Å². The Morgan fingerprint density at radius 3 is 2.54 bits per heavy atom. The lowest BCUT2D eigenvalue weighted by Gasteiger charge is -2.35. The first-order valence-electron chi connectivity index (χ1n) is 8.21. The summed E-state index contributed by atoms with van der Waals surface area (Å²) in [6.45, 7) is 7.78. The number of likely N-dealkylation sites (N-methyl/N-ethyl adjacent to an activating group) is 1. The van der Waals surface area contributed by atoms with Gasteiger partial charge in [0.1, 0.15) is 0 Å². The molecule has 8 nitrogen and oxygen atoms in total. The van der Waals surface area contributed by atoms with E-state index in [2.05, 4.69) is 66.9 Å². The van der Waals surface area contributed by atoms with Crippen molar-refractivity contribution in [2.24, 2.45) is 0 Å². The fourth-order valence-corrected chi connectivity index (χ4v) is 2.94. The van der Waals surface area contributed by atoms with Gasteiger partial charge in [0.25, 0.3) is 0 Å². The summed E-state index contributed by atoms with van der Waals surface area (Å²) >= 11 is 0. The molecule has 1 saturated heterocycles. The number of nitrogens with zero attached hydrogens (tertiary/aromatic N) is 7. The lowest BCUT2D eigenvalue weighted by Crippen LogP contribution is -2.46. The van der Waals surface area contributed by atoms with Crippen LogP contribution in [0.25, 0.3) is 5.65 Å². The summed E-state index contributed by atoms with van der Waals surface area (Å²) in [4.78, 5) is 4.91. The van der Waals surface area contributed by atoms with Gasteiger partial charge in [-0.15, -0.1) is 14.8 Å². The first-order valence-corrected chi connectivity index (χ1v) is 8.21. The van der Waals surface area contributed by atoms with E-state index in [1.54, 1.807) is 0 Å². The van der Waals surface area contributed by atoms with Crippen LogP contribution in [-0.4, -0.2) is 62.9 Å². The number of tetrazole rings is 1. The number of nitrogens with one attached hydrogen (secondary N) is 1. The van der Waals surface area contributed by atoms with E-state index in [4.69, 9.17) is 0 Å². The molecule has 3 aromatic rings. The van der Waals surface area contributed by atoms with Gasteiger partial charge in [0, 0.05) is 37.6 Å². The number of benzene rings is 1. The zero-order valence-corrected chi connectivity index (χ0v) is 13.6. The molecule has 2 aromatic heterocycles. The number of anilines is 3. The van der Waals surface area contributed by atoms with E-state index in [0.29, 0.717) is 11.5 Å². The quantitative estimate of drug-likeness (QED) is 0.777. The first kappa shape index (κ1) is 14.8. The van der Waals surface area contributed by atoms with Crippen LogP contribution in [0.4, 0.5) is 17.2 Å². The fraction of sp³-hybridized carbons (Fsp3) is 0.375. The second kappa shape index (κ2) is 6.40. The maximum atomic E-state index is 4.31. The van der Waals surface area contributed by atoms with E-state index < -0.39 is 0 Å². The smallest absolute Gasteiger partial charge is 0.200 e. The monoisotopic (exact) mass is 324 g/mol. The molecule has 1 fully saturated rings. The molecule has 0 bridgehead atoms. The molecule has 8 heteroatoms. The molecule has 1 aromatic carbocycles. The average molecular weight is 324 g/mol. The third kappa shape index (κ3) is 3.00. The van der Waals surface area contributed by atoms with Crippen LogP contribution in [-0.2, 0) is 0 Å². The van der Waals surface area contributed by atoms with Crippen molar-refractivity contribution in [3.05, 3.63) is 36.4 Å². The molecule has 24 heavy (non-hydrogen) atoms. The van der Waals surface area contributed by atoms with Gasteiger partial charge in [-0.1, -0.05) is 6.92 Å². The number of aromatic nitrogens is 5. The lowest BCUT2D eigenvalue weighted by molar-refractivity contribution is 0.271. The molecular weight excluding hydrogens is 304 g/mol. The summed E-state index contributed by atoms with van der Waals surface area (Å²) in [5.74, 6) is 0.708. The molecule has 0 unspecified atom stereocenters. The third-order valence-electron chi connectivity index (χ3n) is 4.39. The predicted octanol–water partition coefficient (Wildman–Crippen LogP) is 1.40. The highest BCUT2D eigenvalue weighted by molar-refractivity contribution is 5.61. The van der Waals surface area contributed by atoms with Crippen LogP contribution in [0.3, 0.4) is 0 Å². The van der Waals surface area contributed by atoms with Gasteiger partial charge in [-0.25, -0.2) is 0 Å². The van der Waals surface area contributed by atoms with Crippen LogP contribution in [0.2, 0.25) is 0 Å². The van der Waals surface area contributed by atoms with Crippen molar-refractivity contribution in [1.82, 2.24) is 30.2 Å². The second-order valence-corrected chi connectivity index (χ2v) is 5.84. The predicted molar refractivity (Wildman–Crippen MR) is 92.6 cm³/mol. The van der Waals surface area contributed by atoms with Gasteiger partial charge in [-0.05, 0) is 53.4 Å². The topological polar surface area (TPSA) is 74.5 Å². The van der Waals surface area contributed by atoms with E-state index in [9.17, 15) is 0 Å². The highest BCUT2D eigenvalue weighted by atomic mass is 15.6. The Hall–Kier alpha value is -2.74. The molecule has 0 amide bonds. The van der Waals surface area contributed by atoms with Crippen LogP contribution < -0.4 is 10.2 Å². The Morgan fingerprint density at radius 1 is 1.00 bits per heavy atom. The minimum Gasteiger partial charge on any atom is -0.369 e. The Morgan fingerprint density at radius 2 is 1.79 bits per heavy atom. The summed E-state index contributed by atoms with van der Waals surface area (Å²) < 4.78 is 1.41. The third-order valence-corrected chi connectivity index (χ3v) is 4.39. The van der Waals surface area contributed by atoms with Crippen LogP contribution >= 0.6 is 0 Å². The molecule has 0 atom stereocenters. The van der Waals surface area contributed by atoms with E-state index in [1.165, 1.54) is 10.3 Å². The zero-order valence-electron chi connectivity index (χ0n) is 13.6. The van der Waals surface area contributed by atoms with Gasteiger partial charge in [0.2, 0.25) is 0 Å². The molecule has 0 radical (unpaired) electrons. The number of hydrogen-bond acceptors (Lipinski definition) is 7. The van der Waals surface area contributed by atoms with Gasteiger partial charge in [-0.3, -0.25) is 0 Å². The molecule has 0 aliphatic carbocycles. The summed E-state index contributed by atoms with van der Waals surface area (Å²) in [5, 5.41) is 18.8. The molecular formula is C16H20N8. The standard InChI is InChI=1S/C16H20N8/c1-2-22-9-11-23(12-10-22)14-5-3-13(4-6-14)17-15-7-8-16-18-20-21-24(16)19-15/h3-8H,2,9-12H2,1H3,(H,17,19). The number of fused-ring (bicyclic) bond motifs is 1. The maximum absolute atomic E-state index is 4.31. The van der Waals surface area contributed by atoms with Crippen LogP contribution in [0.5, 0.6) is 0 Å². The number of rotatable bonds is 4. The molecule has 0 spiro atoms. The molecule has 1 N–H and O–H groups in total. The SMILES string of the molecule is CCN1CCN(c2ccc(Nc3ccc4nnnn4n3)cc2)CC1.